The first-order valence-electron chi connectivity index (χ1n) is 11.6. The van der Waals surface area contributed by atoms with Gasteiger partial charge in [-0.1, -0.05) is 35.9 Å². The quantitative estimate of drug-likeness (QED) is 0.291. The van der Waals surface area contributed by atoms with E-state index in [1.165, 1.54) is 0 Å². The molecule has 4 rings (SSSR count). The number of nitrogens with zero attached hydrogens (tertiary/aromatic N) is 1. The summed E-state index contributed by atoms with van der Waals surface area (Å²) in [7, 11) is 0. The fourth-order valence-electron chi connectivity index (χ4n) is 4.28. The van der Waals surface area contributed by atoms with E-state index in [1.54, 1.807) is 6.92 Å². The van der Waals surface area contributed by atoms with Crippen molar-refractivity contribution in [2.75, 3.05) is 0 Å². The summed E-state index contributed by atoms with van der Waals surface area (Å²) in [5, 5.41) is 4.76. The van der Waals surface area contributed by atoms with Gasteiger partial charge in [0.2, 0.25) is 0 Å². The lowest BCUT2D eigenvalue weighted by Crippen LogP contribution is -2.26. The molecule has 0 aliphatic carbocycles. The molecule has 1 N–H and O–H groups in total. The standard InChI is InChI=1S/C29H29ClN2O3/c1-18(17-33)35-26-10-5-7-22(13-26)16-32-21(4)19(2)27-15-24(11-12-28(27)32)29(34)31-20(3)23-8-6-9-25(30)14-23/h5-15,17-18,20H,16H2,1-4H3,(H,31,34)/t18-,20-/m0/s1. The highest BCUT2D eigenvalue weighted by Crippen LogP contribution is 2.28. The Balaban J connectivity index is 1.58. The van der Waals surface area contributed by atoms with Gasteiger partial charge in [-0.25, -0.2) is 0 Å². The molecule has 4 aromatic rings. The van der Waals surface area contributed by atoms with Crippen molar-refractivity contribution >= 4 is 34.7 Å². The number of hydrogen-bond donors (Lipinski definition) is 1. The van der Waals surface area contributed by atoms with Gasteiger partial charge in [-0.15, -0.1) is 0 Å². The van der Waals surface area contributed by atoms with Crippen LogP contribution in [0.15, 0.2) is 66.7 Å². The van der Waals surface area contributed by atoms with Crippen LogP contribution in [0.2, 0.25) is 5.02 Å². The van der Waals surface area contributed by atoms with Crippen LogP contribution >= 0.6 is 11.6 Å². The Kier molecular flexibility index (Phi) is 7.27. The van der Waals surface area contributed by atoms with Crippen LogP contribution in [-0.4, -0.2) is 22.9 Å². The maximum absolute atomic E-state index is 13.0. The van der Waals surface area contributed by atoms with Gasteiger partial charge in [0.1, 0.15) is 5.75 Å². The molecule has 0 spiro atoms. The second kappa shape index (κ2) is 10.4. The summed E-state index contributed by atoms with van der Waals surface area (Å²) in [6.07, 6.45) is 0.288. The average molecular weight is 489 g/mol. The van der Waals surface area contributed by atoms with Crippen molar-refractivity contribution in [2.45, 2.75) is 46.4 Å². The molecule has 0 aliphatic rings. The largest absolute Gasteiger partial charge is 0.483 e. The molecule has 180 valence electrons. The molecule has 1 amide bonds. The van der Waals surface area contributed by atoms with E-state index < -0.39 is 6.10 Å². The van der Waals surface area contributed by atoms with E-state index in [0.717, 1.165) is 39.6 Å². The van der Waals surface area contributed by atoms with E-state index in [1.807, 2.05) is 73.7 Å². The fraction of sp³-hybridized carbons (Fsp3) is 0.241. The van der Waals surface area contributed by atoms with Crippen LogP contribution in [0.4, 0.5) is 0 Å². The summed E-state index contributed by atoms with van der Waals surface area (Å²) in [4.78, 5) is 23.9. The van der Waals surface area contributed by atoms with Crippen molar-refractivity contribution in [3.05, 3.63) is 99.7 Å². The molecule has 3 aromatic carbocycles. The van der Waals surface area contributed by atoms with Gasteiger partial charge in [0.05, 0.1) is 6.04 Å². The van der Waals surface area contributed by atoms with E-state index in [9.17, 15) is 9.59 Å². The summed E-state index contributed by atoms with van der Waals surface area (Å²) in [6, 6.07) is 21.0. The van der Waals surface area contributed by atoms with E-state index >= 15 is 0 Å². The maximum Gasteiger partial charge on any atom is 0.251 e. The lowest BCUT2D eigenvalue weighted by atomic mass is 10.1. The number of carbonyl (C=O) groups excluding carboxylic acids is 2. The molecular formula is C29H29ClN2O3. The molecule has 35 heavy (non-hydrogen) atoms. The summed E-state index contributed by atoms with van der Waals surface area (Å²) in [5.74, 6) is 0.541. The molecule has 1 aromatic heterocycles. The molecule has 0 saturated carbocycles. The van der Waals surface area contributed by atoms with E-state index in [0.29, 0.717) is 22.9 Å². The van der Waals surface area contributed by atoms with Crippen LogP contribution in [0.3, 0.4) is 0 Å². The Bertz CT molecular complexity index is 1390. The van der Waals surface area contributed by atoms with Gasteiger partial charge >= 0.3 is 0 Å². The SMILES string of the molecule is Cc1c(C)n(Cc2cccc(O[C@@H](C)C=O)c2)c2ccc(C(=O)N[C@@H](C)c3cccc(Cl)c3)cc12. The maximum atomic E-state index is 13.0. The van der Waals surface area contributed by atoms with Gasteiger partial charge in [0, 0.05) is 33.7 Å². The summed E-state index contributed by atoms with van der Waals surface area (Å²) < 4.78 is 7.89. The second-order valence-corrected chi connectivity index (χ2v) is 9.32. The zero-order valence-corrected chi connectivity index (χ0v) is 21.1. The highest BCUT2D eigenvalue weighted by atomic mass is 35.5. The minimum atomic E-state index is -0.493. The Labute approximate surface area is 210 Å². The number of fused-ring (bicyclic) bond motifs is 1. The predicted molar refractivity (Wildman–Crippen MR) is 140 cm³/mol. The van der Waals surface area contributed by atoms with Crippen molar-refractivity contribution in [3.63, 3.8) is 0 Å². The first-order valence-corrected chi connectivity index (χ1v) is 12.0. The van der Waals surface area contributed by atoms with Crippen molar-refractivity contribution in [2.24, 2.45) is 0 Å². The molecule has 2 atom stereocenters. The number of aromatic nitrogens is 1. The number of nitrogens with one attached hydrogen (secondary N) is 1. The molecule has 0 fully saturated rings. The monoisotopic (exact) mass is 488 g/mol. The smallest absolute Gasteiger partial charge is 0.251 e. The Morgan fingerprint density at radius 1 is 1.06 bits per heavy atom. The molecule has 0 aliphatic heterocycles. The number of aldehydes is 1. The highest BCUT2D eigenvalue weighted by Gasteiger charge is 2.16. The van der Waals surface area contributed by atoms with Gasteiger partial charge in [-0.05, 0) is 86.8 Å². The second-order valence-electron chi connectivity index (χ2n) is 8.89. The van der Waals surface area contributed by atoms with E-state index in [4.69, 9.17) is 16.3 Å². The van der Waals surface area contributed by atoms with Crippen LogP contribution in [-0.2, 0) is 11.3 Å². The molecule has 6 heteroatoms. The number of hydrogen-bond acceptors (Lipinski definition) is 3. The third kappa shape index (κ3) is 5.41. The first-order chi connectivity index (χ1) is 16.8. The van der Waals surface area contributed by atoms with Gasteiger partial charge in [0.25, 0.3) is 5.91 Å². The normalized spacial score (nSPS) is 12.8. The molecule has 0 unspecified atom stereocenters. The molecule has 5 nitrogen and oxygen atoms in total. The molecule has 0 bridgehead atoms. The van der Waals surface area contributed by atoms with Crippen LogP contribution in [0.1, 0.15) is 52.6 Å². The lowest BCUT2D eigenvalue weighted by Gasteiger charge is -2.15. The molecule has 1 heterocycles. The Morgan fingerprint density at radius 2 is 1.83 bits per heavy atom. The zero-order chi connectivity index (χ0) is 25.1. The van der Waals surface area contributed by atoms with Crippen molar-refractivity contribution < 1.29 is 14.3 Å². The third-order valence-corrected chi connectivity index (χ3v) is 6.59. The van der Waals surface area contributed by atoms with Crippen molar-refractivity contribution in [3.8, 4) is 5.75 Å². The van der Waals surface area contributed by atoms with Crippen LogP contribution < -0.4 is 10.1 Å². The Morgan fingerprint density at radius 3 is 2.57 bits per heavy atom. The van der Waals surface area contributed by atoms with Crippen LogP contribution in [0.25, 0.3) is 10.9 Å². The summed E-state index contributed by atoms with van der Waals surface area (Å²) in [5.41, 5.74) is 5.98. The van der Waals surface area contributed by atoms with Gasteiger partial charge in [0.15, 0.2) is 12.4 Å². The van der Waals surface area contributed by atoms with Crippen molar-refractivity contribution in [1.82, 2.24) is 9.88 Å². The Hall–Kier alpha value is -3.57. The fourth-order valence-corrected chi connectivity index (χ4v) is 4.47. The van der Waals surface area contributed by atoms with Crippen LogP contribution in [0.5, 0.6) is 5.75 Å². The van der Waals surface area contributed by atoms with Gasteiger partial charge in [-0.2, -0.15) is 0 Å². The molecular weight excluding hydrogens is 460 g/mol. The van der Waals surface area contributed by atoms with Crippen molar-refractivity contribution in [1.29, 1.82) is 0 Å². The van der Waals surface area contributed by atoms with E-state index in [-0.39, 0.29) is 11.9 Å². The highest BCUT2D eigenvalue weighted by molar-refractivity contribution is 6.30. The zero-order valence-electron chi connectivity index (χ0n) is 20.3. The number of carbonyl (C=O) groups is 2. The summed E-state index contributed by atoms with van der Waals surface area (Å²) >= 11 is 6.10. The minimum absolute atomic E-state index is 0.127. The third-order valence-electron chi connectivity index (χ3n) is 6.35. The van der Waals surface area contributed by atoms with E-state index in [2.05, 4.69) is 23.7 Å². The molecule has 0 radical (unpaired) electrons. The average Bonchev–Trinajstić information content (AvgIpc) is 3.08. The number of amides is 1. The number of ether oxygens (including phenoxy) is 1. The predicted octanol–water partition coefficient (Wildman–Crippen LogP) is 6.42. The van der Waals surface area contributed by atoms with Gasteiger partial charge in [-0.3, -0.25) is 9.59 Å². The lowest BCUT2D eigenvalue weighted by molar-refractivity contribution is -0.113. The molecule has 0 saturated heterocycles. The number of halogens is 1. The van der Waals surface area contributed by atoms with Crippen LogP contribution in [0, 0.1) is 13.8 Å². The first kappa shape index (κ1) is 24.6. The number of benzene rings is 3. The summed E-state index contributed by atoms with van der Waals surface area (Å²) in [6.45, 7) is 8.48. The minimum Gasteiger partial charge on any atom is -0.483 e. The number of aryl methyl sites for hydroxylation is 1. The number of rotatable bonds is 8. The van der Waals surface area contributed by atoms with Gasteiger partial charge < -0.3 is 14.6 Å². The topological polar surface area (TPSA) is 60.3 Å².